The van der Waals surface area contributed by atoms with Crippen molar-refractivity contribution in [3.05, 3.63) is 51.7 Å². The van der Waals surface area contributed by atoms with E-state index in [4.69, 9.17) is 5.73 Å². The van der Waals surface area contributed by atoms with E-state index in [2.05, 4.69) is 15.0 Å². The Labute approximate surface area is 193 Å². The topological polar surface area (TPSA) is 136 Å². The second kappa shape index (κ2) is 10.0. The zero-order valence-corrected chi connectivity index (χ0v) is 19.4. The summed E-state index contributed by atoms with van der Waals surface area (Å²) in [6.07, 6.45) is 9.11. The molecule has 2 aromatic heterocycles. The summed E-state index contributed by atoms with van der Waals surface area (Å²) >= 11 is 0. The average molecular weight is 474 g/mol. The van der Waals surface area contributed by atoms with Gasteiger partial charge in [0.2, 0.25) is 16.4 Å². The van der Waals surface area contributed by atoms with Crippen molar-refractivity contribution in [2.24, 2.45) is 11.7 Å². The minimum atomic E-state index is -3.68. The first-order valence-electron chi connectivity index (χ1n) is 11.5. The van der Waals surface area contributed by atoms with Gasteiger partial charge in [0.15, 0.2) is 0 Å². The summed E-state index contributed by atoms with van der Waals surface area (Å²) in [4.78, 5) is 28.9. The molecule has 2 fully saturated rings. The molecule has 10 heteroatoms. The number of aromatic nitrogens is 2. The number of hydrogen-bond donors (Lipinski definition) is 3. The van der Waals surface area contributed by atoms with Crippen LogP contribution in [0.25, 0.3) is 5.69 Å². The Morgan fingerprint density at radius 2 is 1.88 bits per heavy atom. The number of anilines is 1. The van der Waals surface area contributed by atoms with Crippen LogP contribution in [0.2, 0.25) is 0 Å². The third-order valence-corrected chi connectivity index (χ3v) is 7.87. The van der Waals surface area contributed by atoms with Crippen molar-refractivity contribution in [2.75, 3.05) is 10.5 Å². The predicted molar refractivity (Wildman–Crippen MR) is 127 cm³/mol. The number of nitrogens with one attached hydrogen (secondary N) is 2. The molecule has 2 saturated carbocycles. The van der Waals surface area contributed by atoms with Crippen LogP contribution in [0.4, 0.5) is 5.69 Å². The molecule has 0 saturated heterocycles. The fourth-order valence-corrected chi connectivity index (χ4v) is 6.22. The predicted octanol–water partition coefficient (Wildman–Crippen LogP) is 2.14. The number of nitrogens with two attached hydrogens (primary N) is 1. The van der Waals surface area contributed by atoms with Crippen molar-refractivity contribution < 1.29 is 13.2 Å². The second-order valence-electron chi connectivity index (χ2n) is 8.94. The summed E-state index contributed by atoms with van der Waals surface area (Å²) in [7, 11) is -3.68. The molecule has 2 aliphatic carbocycles. The van der Waals surface area contributed by atoms with Gasteiger partial charge in [-0.2, -0.15) is 0 Å². The van der Waals surface area contributed by atoms with Gasteiger partial charge >= 0.3 is 0 Å². The lowest BCUT2D eigenvalue weighted by Gasteiger charge is -2.22. The van der Waals surface area contributed by atoms with E-state index in [1.165, 1.54) is 4.57 Å². The largest absolute Gasteiger partial charge is 0.355 e. The molecule has 4 rings (SSSR count). The molecule has 0 atom stereocenters. The molecule has 9 nitrogen and oxygen atoms in total. The van der Waals surface area contributed by atoms with Crippen LogP contribution < -0.4 is 21.3 Å². The molecule has 0 aliphatic heterocycles. The lowest BCUT2D eigenvalue weighted by atomic mass is 9.91. The van der Waals surface area contributed by atoms with Gasteiger partial charge in [-0.15, -0.1) is 0 Å². The lowest BCUT2D eigenvalue weighted by Crippen LogP contribution is -2.31. The summed E-state index contributed by atoms with van der Waals surface area (Å²) in [6, 6.07) is 5.10. The van der Waals surface area contributed by atoms with E-state index >= 15 is 0 Å². The van der Waals surface area contributed by atoms with E-state index in [1.54, 1.807) is 18.3 Å². The minimum absolute atomic E-state index is 0.0105. The average Bonchev–Trinajstić information content (AvgIpc) is 3.64. The van der Waals surface area contributed by atoms with Gasteiger partial charge in [-0.3, -0.25) is 23.9 Å². The van der Waals surface area contributed by atoms with Crippen molar-refractivity contribution in [3.63, 3.8) is 0 Å². The highest BCUT2D eigenvalue weighted by Crippen LogP contribution is 2.41. The Balaban J connectivity index is 1.76. The monoisotopic (exact) mass is 473 g/mol. The first kappa shape index (κ1) is 23.4. The number of pyridine rings is 2. The molecule has 33 heavy (non-hydrogen) atoms. The van der Waals surface area contributed by atoms with Gasteiger partial charge in [-0.05, 0) is 61.3 Å². The molecule has 0 spiro atoms. The third kappa shape index (κ3) is 5.44. The van der Waals surface area contributed by atoms with Crippen LogP contribution in [0.15, 0.2) is 29.2 Å². The molecule has 1 amide bonds. The van der Waals surface area contributed by atoms with Gasteiger partial charge < -0.3 is 11.1 Å². The maximum absolute atomic E-state index is 13.7. The fraction of sp³-hybridized carbons (Fsp3) is 0.522. The molecule has 0 aromatic carbocycles. The van der Waals surface area contributed by atoms with E-state index in [0.717, 1.165) is 50.6 Å². The molecule has 4 N–H and O–H groups in total. The van der Waals surface area contributed by atoms with E-state index < -0.39 is 15.6 Å². The molecule has 0 unspecified atom stereocenters. The number of sulfonamides is 1. The lowest BCUT2D eigenvalue weighted by molar-refractivity contribution is -0.109. The fourth-order valence-electron chi connectivity index (χ4n) is 4.69. The number of amides is 1. The van der Waals surface area contributed by atoms with Gasteiger partial charge in [-0.25, -0.2) is 8.42 Å². The number of nitrogens with zero attached hydrogens (tertiary/aromatic N) is 2. The Bertz CT molecular complexity index is 1170. The molecule has 0 radical (unpaired) electrons. The second-order valence-corrected chi connectivity index (χ2v) is 10.7. The van der Waals surface area contributed by atoms with Gasteiger partial charge in [0.25, 0.3) is 5.56 Å². The van der Waals surface area contributed by atoms with Gasteiger partial charge in [-0.1, -0.05) is 19.3 Å². The number of carbonyl (C=O) groups is 1. The van der Waals surface area contributed by atoms with E-state index in [0.29, 0.717) is 23.4 Å². The number of rotatable bonds is 10. The highest BCUT2D eigenvalue weighted by atomic mass is 32.2. The smallest absolute Gasteiger partial charge is 0.279 e. The first-order valence-corrected chi connectivity index (χ1v) is 13.2. The molecular formula is C23H31N5O4S. The molecule has 178 valence electrons. The standard InChI is InChI=1S/C23H31N5O4S/c24-12-20-22(18(10-11-26-20)13-25-15-29)28-21(17-6-7-17)9-8-19(23(28)30)27-33(31,32)14-16-4-2-1-3-5-16/h8-11,15-17,27H,1-7,12-14,24H2,(H,25,29). The highest BCUT2D eigenvalue weighted by molar-refractivity contribution is 7.92. The third-order valence-electron chi connectivity index (χ3n) is 6.43. The molecule has 0 bridgehead atoms. The van der Waals surface area contributed by atoms with E-state index in [-0.39, 0.29) is 36.4 Å². The Morgan fingerprint density at radius 3 is 2.55 bits per heavy atom. The molecular weight excluding hydrogens is 442 g/mol. The Morgan fingerprint density at radius 1 is 1.12 bits per heavy atom. The normalized spacial score (nSPS) is 17.0. The molecule has 2 aliphatic rings. The number of carbonyl (C=O) groups excluding carboxylic acids is 1. The van der Waals surface area contributed by atoms with Gasteiger partial charge in [0.05, 0.1) is 17.1 Å². The van der Waals surface area contributed by atoms with Gasteiger partial charge in [0, 0.05) is 25.0 Å². The van der Waals surface area contributed by atoms with Crippen LogP contribution in [0, 0.1) is 5.92 Å². The molecule has 2 aromatic rings. The quantitative estimate of drug-likeness (QED) is 0.452. The van der Waals surface area contributed by atoms with Crippen LogP contribution in [0.1, 0.15) is 67.8 Å². The van der Waals surface area contributed by atoms with E-state index in [9.17, 15) is 18.0 Å². The summed E-state index contributed by atoms with van der Waals surface area (Å²) in [5.41, 5.74) is 7.99. The van der Waals surface area contributed by atoms with Crippen LogP contribution in [0.3, 0.4) is 0 Å². The zero-order valence-electron chi connectivity index (χ0n) is 18.6. The molecule has 2 heterocycles. The maximum Gasteiger partial charge on any atom is 0.279 e. The van der Waals surface area contributed by atoms with Crippen molar-refractivity contribution in [2.45, 2.75) is 64.0 Å². The van der Waals surface area contributed by atoms with E-state index in [1.807, 2.05) is 6.07 Å². The Kier molecular flexibility index (Phi) is 7.14. The summed E-state index contributed by atoms with van der Waals surface area (Å²) in [5, 5.41) is 2.63. The SMILES string of the molecule is NCc1nccc(CNC=O)c1-n1c(C2CC2)ccc(NS(=O)(=O)CC2CCCCC2)c1=O. The van der Waals surface area contributed by atoms with Crippen molar-refractivity contribution >= 4 is 22.1 Å². The zero-order chi connectivity index (χ0) is 23.4. The first-order chi connectivity index (χ1) is 15.9. The summed E-state index contributed by atoms with van der Waals surface area (Å²) < 4.78 is 29.9. The van der Waals surface area contributed by atoms with Crippen molar-refractivity contribution in [3.8, 4) is 5.69 Å². The van der Waals surface area contributed by atoms with Crippen molar-refractivity contribution in [1.29, 1.82) is 0 Å². The van der Waals surface area contributed by atoms with Crippen LogP contribution in [-0.4, -0.2) is 30.1 Å². The maximum atomic E-state index is 13.7. The number of hydrogen-bond acceptors (Lipinski definition) is 6. The summed E-state index contributed by atoms with van der Waals surface area (Å²) in [6.45, 7) is 0.293. The van der Waals surface area contributed by atoms with Crippen LogP contribution >= 0.6 is 0 Å². The minimum Gasteiger partial charge on any atom is -0.355 e. The van der Waals surface area contributed by atoms with Crippen LogP contribution in [0.5, 0.6) is 0 Å². The Hall–Kier alpha value is -2.72. The highest BCUT2D eigenvalue weighted by Gasteiger charge is 2.30. The van der Waals surface area contributed by atoms with Crippen LogP contribution in [-0.2, 0) is 27.9 Å². The van der Waals surface area contributed by atoms with Crippen molar-refractivity contribution in [1.82, 2.24) is 14.9 Å². The summed E-state index contributed by atoms with van der Waals surface area (Å²) in [5.74, 6) is 0.349. The van der Waals surface area contributed by atoms with Gasteiger partial charge in [0.1, 0.15) is 5.69 Å².